The Morgan fingerprint density at radius 1 is 0.569 bits per heavy atom. The van der Waals surface area contributed by atoms with Crippen LogP contribution in [0.5, 0.6) is 11.5 Å². The van der Waals surface area contributed by atoms with E-state index in [2.05, 4.69) is 53.2 Å². The molecule has 3 N–H and O–H groups in total. The van der Waals surface area contributed by atoms with Crippen LogP contribution in [0.2, 0.25) is 0 Å². The summed E-state index contributed by atoms with van der Waals surface area (Å²) in [5.74, 6) is -0.753. The van der Waals surface area contributed by atoms with Crippen molar-refractivity contribution in [2.24, 2.45) is 0 Å². The molecule has 0 bridgehead atoms. The minimum atomic E-state index is -4.81. The quantitative estimate of drug-likeness (QED) is 0.0598. The fourth-order valence-electron chi connectivity index (χ4n) is 7.08. The van der Waals surface area contributed by atoms with Gasteiger partial charge in [0.1, 0.15) is 21.3 Å². The van der Waals surface area contributed by atoms with Gasteiger partial charge < -0.3 is 24.6 Å². The smallest absolute Gasteiger partial charge is 0.298 e. The third-order valence-corrected chi connectivity index (χ3v) is 11.8. The summed E-state index contributed by atoms with van der Waals surface area (Å²) in [5, 5.41) is 3.06. The molecule has 0 heterocycles. The Morgan fingerprint density at radius 3 is 1.45 bits per heavy atom. The number of hydrogen-bond donors (Lipinski definition) is 3. The standard InChI is InChI=1S/C45H47N3O8S2/c1-5-47(30-32-13-9-7-10-14-32)37-22-17-34(18-23-37)45(35-19-24-38(25-20-35)48(6-2)31-33-15-11-8-12-16-33)39-26-21-36(27-43(39)57(49,50)51)46-40-28-42(56-4)44(58(52,53)54)29-41(40)55-3/h7-29,45-46H,5-6,30-31H2,1-4H3,(H,49,50,51)(H,52,53,54). The maximum Gasteiger partial charge on any atom is 0.298 e. The molecule has 0 aliphatic heterocycles. The van der Waals surface area contributed by atoms with Crippen molar-refractivity contribution in [3.05, 3.63) is 167 Å². The molecule has 0 unspecified atom stereocenters. The maximum absolute atomic E-state index is 13.3. The van der Waals surface area contributed by atoms with E-state index in [1.807, 2.05) is 84.9 Å². The molecule has 0 saturated heterocycles. The van der Waals surface area contributed by atoms with Crippen LogP contribution in [0.25, 0.3) is 0 Å². The molecule has 302 valence electrons. The van der Waals surface area contributed by atoms with E-state index in [1.54, 1.807) is 12.1 Å². The number of hydrogen-bond acceptors (Lipinski definition) is 9. The van der Waals surface area contributed by atoms with E-state index in [4.69, 9.17) is 9.47 Å². The van der Waals surface area contributed by atoms with Crippen molar-refractivity contribution in [2.45, 2.75) is 42.6 Å². The first-order valence-corrected chi connectivity index (χ1v) is 21.6. The number of ether oxygens (including phenoxy) is 2. The predicted octanol–water partition coefficient (Wildman–Crippen LogP) is 9.17. The molecule has 0 amide bonds. The topological polar surface area (TPSA) is 146 Å². The highest BCUT2D eigenvalue weighted by Gasteiger charge is 2.27. The van der Waals surface area contributed by atoms with E-state index in [-0.39, 0.29) is 27.8 Å². The van der Waals surface area contributed by atoms with Gasteiger partial charge in [-0.2, -0.15) is 16.8 Å². The van der Waals surface area contributed by atoms with Gasteiger partial charge in [0, 0.05) is 61.3 Å². The highest BCUT2D eigenvalue weighted by atomic mass is 32.2. The second-order valence-corrected chi connectivity index (χ2v) is 16.4. The van der Waals surface area contributed by atoms with Gasteiger partial charge in [0.15, 0.2) is 0 Å². The molecule has 0 aliphatic carbocycles. The second kappa shape index (κ2) is 18.2. The summed E-state index contributed by atoms with van der Waals surface area (Å²) >= 11 is 0. The van der Waals surface area contributed by atoms with E-state index in [9.17, 15) is 25.9 Å². The SMILES string of the molecule is CCN(Cc1ccccc1)c1ccc(C(c2ccc(N(CC)Cc3ccccc3)cc2)c2ccc(Nc3cc(OC)c(S(=O)(=O)O)cc3OC)cc2S(=O)(=O)O)cc1. The van der Waals surface area contributed by atoms with Crippen LogP contribution in [-0.2, 0) is 33.3 Å². The molecule has 6 aromatic carbocycles. The van der Waals surface area contributed by atoms with Crippen molar-refractivity contribution in [3.63, 3.8) is 0 Å². The lowest BCUT2D eigenvalue weighted by atomic mass is 9.84. The van der Waals surface area contributed by atoms with Gasteiger partial charge >= 0.3 is 0 Å². The zero-order valence-electron chi connectivity index (χ0n) is 32.7. The first-order chi connectivity index (χ1) is 27.8. The van der Waals surface area contributed by atoms with Crippen LogP contribution in [0.15, 0.2) is 149 Å². The molecule has 6 rings (SSSR count). The maximum atomic E-state index is 13.3. The monoisotopic (exact) mass is 821 g/mol. The van der Waals surface area contributed by atoms with Crippen LogP contribution in [-0.4, -0.2) is 53.3 Å². The van der Waals surface area contributed by atoms with Crippen molar-refractivity contribution >= 4 is 43.0 Å². The molecule has 0 aliphatic rings. The summed E-state index contributed by atoms with van der Waals surface area (Å²) < 4.78 is 81.8. The number of anilines is 4. The van der Waals surface area contributed by atoms with E-state index in [0.29, 0.717) is 5.56 Å². The van der Waals surface area contributed by atoms with Crippen molar-refractivity contribution in [1.29, 1.82) is 0 Å². The Morgan fingerprint density at radius 2 is 1.03 bits per heavy atom. The number of benzene rings is 6. The summed E-state index contributed by atoms with van der Waals surface area (Å²) in [6.45, 7) is 7.17. The first-order valence-electron chi connectivity index (χ1n) is 18.7. The molecular formula is C45H47N3O8S2. The summed E-state index contributed by atoms with van der Waals surface area (Å²) in [5.41, 5.74) is 6.78. The number of rotatable bonds is 17. The van der Waals surface area contributed by atoms with Crippen molar-refractivity contribution in [2.75, 3.05) is 42.4 Å². The van der Waals surface area contributed by atoms with Gasteiger partial charge in [-0.3, -0.25) is 9.11 Å². The molecule has 6 aromatic rings. The van der Waals surface area contributed by atoms with Crippen LogP contribution in [0.3, 0.4) is 0 Å². The van der Waals surface area contributed by atoms with Crippen LogP contribution in [0.1, 0.15) is 47.6 Å². The second-order valence-electron chi connectivity index (χ2n) is 13.6. The molecule has 0 atom stereocenters. The van der Waals surface area contributed by atoms with Gasteiger partial charge in [-0.15, -0.1) is 0 Å². The lowest BCUT2D eigenvalue weighted by molar-refractivity contribution is 0.389. The Labute approximate surface area is 341 Å². The van der Waals surface area contributed by atoms with Gasteiger partial charge in [-0.05, 0) is 78.1 Å². The molecule has 11 nitrogen and oxygen atoms in total. The molecule has 58 heavy (non-hydrogen) atoms. The van der Waals surface area contributed by atoms with Crippen molar-refractivity contribution in [3.8, 4) is 11.5 Å². The third kappa shape index (κ3) is 9.80. The predicted molar refractivity (Wildman–Crippen MR) is 229 cm³/mol. The molecular weight excluding hydrogens is 775 g/mol. The summed E-state index contributed by atoms with van der Waals surface area (Å²) in [6, 6.07) is 43.5. The average Bonchev–Trinajstić information content (AvgIpc) is 3.23. The molecule has 0 saturated carbocycles. The minimum absolute atomic E-state index is 0.0331. The Balaban J connectivity index is 1.43. The number of methoxy groups -OCH3 is 2. The van der Waals surface area contributed by atoms with Crippen LogP contribution in [0.4, 0.5) is 22.7 Å². The van der Waals surface area contributed by atoms with E-state index in [1.165, 1.54) is 37.5 Å². The molecule has 0 aromatic heterocycles. The van der Waals surface area contributed by atoms with Crippen LogP contribution >= 0.6 is 0 Å². The Kier molecular flexibility index (Phi) is 13.1. The summed E-state index contributed by atoms with van der Waals surface area (Å²) in [4.78, 5) is 3.68. The first kappa shape index (κ1) is 41.8. The molecule has 0 spiro atoms. The average molecular weight is 822 g/mol. The lowest BCUT2D eigenvalue weighted by Gasteiger charge is -2.27. The van der Waals surface area contributed by atoms with Gasteiger partial charge in [-0.1, -0.05) is 91.0 Å². The van der Waals surface area contributed by atoms with Crippen LogP contribution in [0, 0.1) is 0 Å². The van der Waals surface area contributed by atoms with Crippen molar-refractivity contribution < 1.29 is 35.4 Å². The Bertz CT molecular complexity index is 2440. The normalized spacial score (nSPS) is 11.6. The van der Waals surface area contributed by atoms with Gasteiger partial charge in [0.2, 0.25) is 0 Å². The fraction of sp³-hybridized carbons (Fsp3) is 0.200. The number of nitrogens with zero attached hydrogens (tertiary/aromatic N) is 2. The van der Waals surface area contributed by atoms with Gasteiger partial charge in [0.05, 0.1) is 19.9 Å². The largest absolute Gasteiger partial charge is 0.495 e. The highest BCUT2D eigenvalue weighted by Crippen LogP contribution is 2.41. The van der Waals surface area contributed by atoms with Gasteiger partial charge in [-0.25, -0.2) is 0 Å². The molecule has 0 radical (unpaired) electrons. The summed E-state index contributed by atoms with van der Waals surface area (Å²) in [7, 11) is -6.90. The third-order valence-electron chi connectivity index (χ3n) is 10.0. The summed E-state index contributed by atoms with van der Waals surface area (Å²) in [6.07, 6.45) is 0. The zero-order valence-corrected chi connectivity index (χ0v) is 34.4. The molecule has 13 heteroatoms. The van der Waals surface area contributed by atoms with Crippen LogP contribution < -0.4 is 24.6 Å². The molecule has 0 fully saturated rings. The zero-order chi connectivity index (χ0) is 41.5. The van der Waals surface area contributed by atoms with E-state index >= 15 is 0 Å². The fourth-order valence-corrected chi connectivity index (χ4v) is 8.50. The van der Waals surface area contributed by atoms with Gasteiger partial charge in [0.25, 0.3) is 20.2 Å². The Hall–Kier alpha value is -5.86. The van der Waals surface area contributed by atoms with E-state index < -0.39 is 31.0 Å². The van der Waals surface area contributed by atoms with Crippen molar-refractivity contribution in [1.82, 2.24) is 0 Å². The highest BCUT2D eigenvalue weighted by molar-refractivity contribution is 7.86. The minimum Gasteiger partial charge on any atom is -0.495 e. The number of nitrogens with one attached hydrogen (secondary N) is 1. The van der Waals surface area contributed by atoms with E-state index in [0.717, 1.165) is 54.7 Å². The lowest BCUT2D eigenvalue weighted by Crippen LogP contribution is -2.22.